The first-order valence-electron chi connectivity index (χ1n) is 14.2. The number of nitriles is 1. The lowest BCUT2D eigenvalue weighted by molar-refractivity contribution is -0.139. The summed E-state index contributed by atoms with van der Waals surface area (Å²) in [5.41, 5.74) is 3.06. The Balaban J connectivity index is 1.60. The van der Waals surface area contributed by atoms with E-state index in [1.807, 2.05) is 43.3 Å². The second kappa shape index (κ2) is 14.0. The number of allylic oxidation sites excluding steroid dienone is 1. The van der Waals surface area contributed by atoms with Gasteiger partial charge in [0.2, 0.25) is 0 Å². The van der Waals surface area contributed by atoms with Crippen LogP contribution in [0.2, 0.25) is 0 Å². The van der Waals surface area contributed by atoms with Gasteiger partial charge in [-0.3, -0.25) is 9.36 Å². The number of aromatic nitrogens is 1. The Morgan fingerprint density at radius 3 is 2.56 bits per heavy atom. The second-order valence-corrected chi connectivity index (χ2v) is 11.7. The third kappa shape index (κ3) is 6.43. The quantitative estimate of drug-likeness (QED) is 0.205. The van der Waals surface area contributed by atoms with Gasteiger partial charge in [0, 0.05) is 15.6 Å². The number of ether oxygens (including phenoxy) is 4. The lowest BCUT2D eigenvalue weighted by atomic mass is 9.95. The van der Waals surface area contributed by atoms with Crippen molar-refractivity contribution in [2.75, 3.05) is 20.3 Å². The third-order valence-electron chi connectivity index (χ3n) is 7.12. The molecule has 9 nitrogen and oxygen atoms in total. The molecule has 1 aromatic heterocycles. The van der Waals surface area contributed by atoms with E-state index in [1.165, 1.54) is 23.0 Å². The average molecular weight is 689 g/mol. The first-order valence-corrected chi connectivity index (χ1v) is 15.8. The Morgan fingerprint density at radius 1 is 1.07 bits per heavy atom. The molecule has 0 spiro atoms. The van der Waals surface area contributed by atoms with Crippen molar-refractivity contribution in [1.29, 1.82) is 5.26 Å². The number of hydrogen-bond acceptors (Lipinski definition) is 9. The molecule has 0 amide bonds. The Bertz CT molecular complexity index is 2020. The van der Waals surface area contributed by atoms with Crippen LogP contribution in [-0.4, -0.2) is 30.9 Å². The SMILES string of the molecule is CCOC(=O)C1=C(C)N=c2s/c(=C\c3cc(OC)c(OCc4ccccc4C#N)cc3Br)c(=O)n2[C@H]1c1ccccc1OCC. The number of esters is 1. The molecule has 1 aliphatic rings. The minimum absolute atomic E-state index is 0.176. The highest BCUT2D eigenvalue weighted by molar-refractivity contribution is 9.10. The molecule has 11 heteroatoms. The van der Waals surface area contributed by atoms with Crippen molar-refractivity contribution in [2.45, 2.75) is 33.4 Å². The molecule has 0 saturated heterocycles. The van der Waals surface area contributed by atoms with Crippen molar-refractivity contribution in [3.8, 4) is 23.3 Å². The Labute approximate surface area is 272 Å². The molecule has 5 rings (SSSR count). The zero-order valence-electron chi connectivity index (χ0n) is 25.1. The predicted molar refractivity (Wildman–Crippen MR) is 174 cm³/mol. The van der Waals surface area contributed by atoms with E-state index in [9.17, 15) is 14.9 Å². The molecule has 45 heavy (non-hydrogen) atoms. The number of thiazole rings is 1. The van der Waals surface area contributed by atoms with Gasteiger partial charge in [0.1, 0.15) is 18.4 Å². The second-order valence-electron chi connectivity index (χ2n) is 9.86. The van der Waals surface area contributed by atoms with Gasteiger partial charge in [-0.05, 0) is 56.7 Å². The molecule has 0 fully saturated rings. The number of fused-ring (bicyclic) bond motifs is 1. The number of benzene rings is 3. The van der Waals surface area contributed by atoms with Crippen LogP contribution in [0.15, 0.2) is 86.2 Å². The predicted octanol–water partition coefficient (Wildman–Crippen LogP) is 5.42. The summed E-state index contributed by atoms with van der Waals surface area (Å²) in [5, 5.41) is 9.41. The molecule has 1 atom stereocenters. The van der Waals surface area contributed by atoms with Gasteiger partial charge in [-0.15, -0.1) is 0 Å². The average Bonchev–Trinajstić information content (AvgIpc) is 3.34. The molecule has 2 heterocycles. The molecule has 0 radical (unpaired) electrons. The first kappa shape index (κ1) is 31.8. The molecule has 3 aromatic carbocycles. The number of carbonyl (C=O) groups is 1. The largest absolute Gasteiger partial charge is 0.494 e. The van der Waals surface area contributed by atoms with Gasteiger partial charge in [-0.25, -0.2) is 9.79 Å². The number of methoxy groups -OCH3 is 1. The summed E-state index contributed by atoms with van der Waals surface area (Å²) in [6.07, 6.45) is 1.75. The number of hydrogen-bond donors (Lipinski definition) is 0. The summed E-state index contributed by atoms with van der Waals surface area (Å²) in [4.78, 5) is 32.5. The fourth-order valence-corrected chi connectivity index (χ4v) is 6.54. The lowest BCUT2D eigenvalue weighted by Gasteiger charge is -2.26. The smallest absolute Gasteiger partial charge is 0.338 e. The van der Waals surface area contributed by atoms with E-state index in [4.69, 9.17) is 18.9 Å². The van der Waals surface area contributed by atoms with Crippen molar-refractivity contribution in [2.24, 2.45) is 4.99 Å². The van der Waals surface area contributed by atoms with Gasteiger partial charge in [-0.1, -0.05) is 63.7 Å². The zero-order chi connectivity index (χ0) is 32.1. The van der Waals surface area contributed by atoms with E-state index in [2.05, 4.69) is 27.0 Å². The fraction of sp³-hybridized carbons (Fsp3) is 0.235. The molecule has 0 saturated carbocycles. The summed E-state index contributed by atoms with van der Waals surface area (Å²) in [7, 11) is 1.53. The molecule has 1 aliphatic heterocycles. The molecule has 4 aromatic rings. The molecule has 0 N–H and O–H groups in total. The molecule has 230 valence electrons. The van der Waals surface area contributed by atoms with Crippen LogP contribution in [0, 0.1) is 11.3 Å². The van der Waals surface area contributed by atoms with Crippen LogP contribution >= 0.6 is 27.3 Å². The van der Waals surface area contributed by atoms with Crippen LogP contribution in [0.5, 0.6) is 17.2 Å². The van der Waals surface area contributed by atoms with Gasteiger partial charge < -0.3 is 18.9 Å². The lowest BCUT2D eigenvalue weighted by Crippen LogP contribution is -2.40. The summed E-state index contributed by atoms with van der Waals surface area (Å²) in [6.45, 7) is 6.13. The van der Waals surface area contributed by atoms with Crippen LogP contribution in [0.25, 0.3) is 6.08 Å². The fourth-order valence-electron chi connectivity index (χ4n) is 5.06. The zero-order valence-corrected chi connectivity index (χ0v) is 27.5. The number of carbonyl (C=O) groups excluding carboxylic acids is 1. The minimum Gasteiger partial charge on any atom is -0.494 e. The van der Waals surface area contributed by atoms with E-state index >= 15 is 0 Å². The summed E-state index contributed by atoms with van der Waals surface area (Å²) < 4.78 is 25.6. The van der Waals surface area contributed by atoms with Crippen LogP contribution in [0.4, 0.5) is 0 Å². The molecule has 0 aliphatic carbocycles. The van der Waals surface area contributed by atoms with Crippen molar-refractivity contribution in [3.05, 3.63) is 118 Å². The van der Waals surface area contributed by atoms with Crippen molar-refractivity contribution >= 4 is 39.3 Å². The summed E-state index contributed by atoms with van der Waals surface area (Å²) in [5.74, 6) is 0.954. The van der Waals surface area contributed by atoms with Crippen LogP contribution in [-0.2, 0) is 16.1 Å². The van der Waals surface area contributed by atoms with Crippen molar-refractivity contribution in [1.82, 2.24) is 4.57 Å². The first-order chi connectivity index (χ1) is 21.8. The highest BCUT2D eigenvalue weighted by atomic mass is 79.9. The van der Waals surface area contributed by atoms with Crippen molar-refractivity contribution < 1.29 is 23.7 Å². The van der Waals surface area contributed by atoms with Gasteiger partial charge in [0.15, 0.2) is 16.3 Å². The van der Waals surface area contributed by atoms with E-state index < -0.39 is 12.0 Å². The summed E-state index contributed by atoms with van der Waals surface area (Å²) >= 11 is 4.84. The molecular weight excluding hydrogens is 658 g/mol. The number of nitrogens with zero attached hydrogens (tertiary/aromatic N) is 3. The molecular formula is C34H30BrN3O6S. The van der Waals surface area contributed by atoms with E-state index in [0.29, 0.717) is 60.0 Å². The number of para-hydroxylation sites is 1. The monoisotopic (exact) mass is 687 g/mol. The standard InChI is InChI=1S/C34H30BrN3O6S/c1-5-42-26-14-10-9-13-24(26)31-30(33(40)43-6-2)20(3)37-34-38(31)32(39)29(45-34)16-23-15-27(41-4)28(17-25(23)35)44-19-22-12-8-7-11-21(22)18-36/h7-17,31H,5-6,19H2,1-4H3/b29-16-/t31-/m0/s1. The van der Waals surface area contributed by atoms with E-state index in [-0.39, 0.29) is 24.3 Å². The Kier molecular flexibility index (Phi) is 9.86. The maximum absolute atomic E-state index is 14.1. The van der Waals surface area contributed by atoms with Crippen LogP contribution < -0.4 is 29.1 Å². The van der Waals surface area contributed by atoms with Gasteiger partial charge >= 0.3 is 5.97 Å². The number of rotatable bonds is 10. The maximum Gasteiger partial charge on any atom is 0.338 e. The Morgan fingerprint density at radius 2 is 1.82 bits per heavy atom. The van der Waals surface area contributed by atoms with Crippen LogP contribution in [0.1, 0.15) is 49.1 Å². The highest BCUT2D eigenvalue weighted by Gasteiger charge is 2.35. The maximum atomic E-state index is 14.1. The molecule has 0 unspecified atom stereocenters. The summed E-state index contributed by atoms with van der Waals surface area (Å²) in [6, 6.07) is 19.5. The van der Waals surface area contributed by atoms with E-state index in [1.54, 1.807) is 44.2 Å². The third-order valence-corrected chi connectivity index (χ3v) is 8.79. The van der Waals surface area contributed by atoms with Crippen LogP contribution in [0.3, 0.4) is 0 Å². The van der Waals surface area contributed by atoms with Gasteiger partial charge in [0.25, 0.3) is 5.56 Å². The molecule has 0 bridgehead atoms. The van der Waals surface area contributed by atoms with Gasteiger partial charge in [-0.2, -0.15) is 5.26 Å². The highest BCUT2D eigenvalue weighted by Crippen LogP contribution is 2.37. The minimum atomic E-state index is -0.796. The number of halogens is 1. The van der Waals surface area contributed by atoms with E-state index in [0.717, 1.165) is 5.56 Å². The Hall–Kier alpha value is -4.66. The van der Waals surface area contributed by atoms with Crippen molar-refractivity contribution in [3.63, 3.8) is 0 Å². The normalized spacial score (nSPS) is 14.3. The van der Waals surface area contributed by atoms with Gasteiger partial charge in [0.05, 0.1) is 47.8 Å². The topological polar surface area (TPSA) is 112 Å².